The van der Waals surface area contributed by atoms with Gasteiger partial charge in [0.05, 0.1) is 6.10 Å². The van der Waals surface area contributed by atoms with Crippen molar-refractivity contribution >= 4 is 6.09 Å². The number of nitrogens with zero attached hydrogens (tertiary/aromatic N) is 1. The highest BCUT2D eigenvalue weighted by molar-refractivity contribution is 5.67. The molecule has 0 heterocycles. The van der Waals surface area contributed by atoms with E-state index in [4.69, 9.17) is 10.7 Å². The van der Waals surface area contributed by atoms with Gasteiger partial charge in [-0.3, -0.25) is 4.90 Å². The summed E-state index contributed by atoms with van der Waals surface area (Å²) in [6.07, 6.45) is 2.42. The summed E-state index contributed by atoms with van der Waals surface area (Å²) in [5, 5.41) is 9.42. The minimum Gasteiger partial charge on any atom is -0.465 e. The topological polar surface area (TPSA) is 75.8 Å². The maximum atomic E-state index is 11.5. The average Bonchev–Trinajstić information content (AvgIpc) is 2.15. The third-order valence-corrected chi connectivity index (χ3v) is 3.60. The smallest absolute Gasteiger partial charge is 0.408 e. The van der Waals surface area contributed by atoms with Crippen molar-refractivity contribution in [2.75, 3.05) is 0 Å². The van der Waals surface area contributed by atoms with Crippen LogP contribution in [0.3, 0.4) is 0 Å². The van der Waals surface area contributed by atoms with Crippen molar-refractivity contribution in [3.05, 3.63) is 0 Å². The summed E-state index contributed by atoms with van der Waals surface area (Å²) in [7, 11) is 0. The number of amides is 1. The van der Waals surface area contributed by atoms with E-state index in [1.165, 1.54) is 0 Å². The first-order valence-corrected chi connectivity index (χ1v) is 6.09. The van der Waals surface area contributed by atoms with E-state index < -0.39 is 11.6 Å². The van der Waals surface area contributed by atoms with Gasteiger partial charge in [-0.2, -0.15) is 0 Å². The first-order chi connectivity index (χ1) is 7.70. The number of hydrogen-bond donors (Lipinski definition) is 2. The zero-order chi connectivity index (χ0) is 13.3. The lowest BCUT2D eigenvalue weighted by Gasteiger charge is -2.50. The molecule has 17 heavy (non-hydrogen) atoms. The Morgan fingerprint density at radius 1 is 1.41 bits per heavy atom. The van der Waals surface area contributed by atoms with E-state index in [0.29, 0.717) is 0 Å². The molecule has 5 nitrogen and oxygen atoms in total. The van der Waals surface area contributed by atoms with Crippen molar-refractivity contribution < 1.29 is 14.7 Å². The molecule has 1 rings (SSSR count). The van der Waals surface area contributed by atoms with Crippen LogP contribution in [0, 0.1) is 0 Å². The number of nitrogens with two attached hydrogens (primary N) is 1. The van der Waals surface area contributed by atoms with Crippen LogP contribution in [0.15, 0.2) is 0 Å². The number of carboxylic acid groups (broad SMARTS) is 1. The van der Waals surface area contributed by atoms with E-state index in [0.717, 1.165) is 25.7 Å². The molecule has 0 bridgehead atoms. The Hall–Kier alpha value is -0.810. The first kappa shape index (κ1) is 14.3. The van der Waals surface area contributed by atoms with E-state index in [1.54, 1.807) is 4.90 Å². The van der Waals surface area contributed by atoms with E-state index >= 15 is 0 Å². The molecular formula is C12H24N2O3. The molecule has 100 valence electrons. The molecule has 0 aromatic rings. The van der Waals surface area contributed by atoms with Gasteiger partial charge in [-0.25, -0.2) is 10.7 Å². The maximum absolute atomic E-state index is 11.5. The van der Waals surface area contributed by atoms with Crippen LogP contribution in [0.1, 0.15) is 53.4 Å². The Morgan fingerprint density at radius 2 is 1.88 bits per heavy atom. The van der Waals surface area contributed by atoms with Crippen LogP contribution < -0.4 is 5.90 Å². The van der Waals surface area contributed by atoms with Gasteiger partial charge < -0.3 is 9.94 Å². The lowest BCUT2D eigenvalue weighted by molar-refractivity contribution is -0.0416. The average molecular weight is 244 g/mol. The predicted octanol–water partition coefficient (Wildman–Crippen LogP) is 2.36. The van der Waals surface area contributed by atoms with Crippen LogP contribution in [-0.4, -0.2) is 33.3 Å². The highest BCUT2D eigenvalue weighted by Gasteiger charge is 2.44. The second-order valence-corrected chi connectivity index (χ2v) is 6.12. The second-order valence-electron chi connectivity index (χ2n) is 6.12. The van der Waals surface area contributed by atoms with Crippen molar-refractivity contribution in [3.63, 3.8) is 0 Å². The number of rotatable bonds is 2. The third-order valence-electron chi connectivity index (χ3n) is 3.60. The van der Waals surface area contributed by atoms with Gasteiger partial charge in [-0.1, -0.05) is 0 Å². The molecule has 0 aliphatic heterocycles. The SMILES string of the molecule is CC(C)(C)N(C(=O)O)[C@]1(C)CC[C@@H](ON)CC1. The summed E-state index contributed by atoms with van der Waals surface area (Å²) < 4.78 is 0. The maximum Gasteiger partial charge on any atom is 0.408 e. The molecule has 0 aromatic heterocycles. The minimum atomic E-state index is -0.855. The Labute approximate surface area is 103 Å². The van der Waals surface area contributed by atoms with Crippen LogP contribution in [-0.2, 0) is 4.84 Å². The Balaban J connectivity index is 2.85. The molecular weight excluding hydrogens is 220 g/mol. The molecule has 3 N–H and O–H groups in total. The molecule has 1 aliphatic rings. The fourth-order valence-corrected chi connectivity index (χ4v) is 2.90. The monoisotopic (exact) mass is 244 g/mol. The van der Waals surface area contributed by atoms with E-state index in [2.05, 4.69) is 0 Å². The van der Waals surface area contributed by atoms with Gasteiger partial charge in [0.2, 0.25) is 0 Å². The first-order valence-electron chi connectivity index (χ1n) is 6.09. The Bertz CT molecular complexity index is 278. The summed E-state index contributed by atoms with van der Waals surface area (Å²) in [6, 6.07) is 0. The highest BCUT2D eigenvalue weighted by Crippen LogP contribution is 2.38. The number of carbonyl (C=O) groups is 1. The Morgan fingerprint density at radius 3 is 2.18 bits per heavy atom. The molecule has 0 spiro atoms. The van der Waals surface area contributed by atoms with Gasteiger partial charge in [0.25, 0.3) is 0 Å². The quantitative estimate of drug-likeness (QED) is 0.731. The van der Waals surface area contributed by atoms with Crippen LogP contribution in [0.25, 0.3) is 0 Å². The predicted molar refractivity (Wildman–Crippen MR) is 65.6 cm³/mol. The summed E-state index contributed by atoms with van der Waals surface area (Å²) in [4.78, 5) is 17.9. The minimum absolute atomic E-state index is 0.0682. The van der Waals surface area contributed by atoms with Crippen LogP contribution in [0.4, 0.5) is 4.79 Å². The zero-order valence-electron chi connectivity index (χ0n) is 11.2. The summed E-state index contributed by atoms with van der Waals surface area (Å²) in [5.41, 5.74) is -0.712. The molecule has 0 aromatic carbocycles. The Kier molecular flexibility index (Phi) is 4.04. The molecule has 0 unspecified atom stereocenters. The van der Waals surface area contributed by atoms with Gasteiger partial charge in [-0.05, 0) is 53.4 Å². The van der Waals surface area contributed by atoms with Gasteiger partial charge in [0.15, 0.2) is 0 Å². The van der Waals surface area contributed by atoms with Crippen LogP contribution >= 0.6 is 0 Å². The van der Waals surface area contributed by atoms with Crippen molar-refractivity contribution in [2.24, 2.45) is 5.90 Å². The fraction of sp³-hybridized carbons (Fsp3) is 0.917. The van der Waals surface area contributed by atoms with Crippen molar-refractivity contribution in [3.8, 4) is 0 Å². The van der Waals surface area contributed by atoms with E-state index in [9.17, 15) is 9.90 Å². The molecule has 0 atom stereocenters. The van der Waals surface area contributed by atoms with Crippen molar-refractivity contribution in [1.29, 1.82) is 0 Å². The van der Waals surface area contributed by atoms with Crippen LogP contribution in [0.2, 0.25) is 0 Å². The molecule has 1 saturated carbocycles. The zero-order valence-corrected chi connectivity index (χ0v) is 11.2. The van der Waals surface area contributed by atoms with Gasteiger partial charge in [-0.15, -0.1) is 0 Å². The van der Waals surface area contributed by atoms with Crippen LogP contribution in [0.5, 0.6) is 0 Å². The molecule has 1 amide bonds. The van der Waals surface area contributed by atoms with Crippen molar-refractivity contribution in [2.45, 2.75) is 70.6 Å². The molecule has 1 fully saturated rings. The standard InChI is InChI=1S/C12H24N2O3/c1-11(2,3)14(10(15)16)12(4)7-5-9(17-13)6-8-12/h9H,5-8,13H2,1-4H3,(H,15,16)/t9-,12-. The van der Waals surface area contributed by atoms with Gasteiger partial charge in [0.1, 0.15) is 0 Å². The highest BCUT2D eigenvalue weighted by atomic mass is 16.6. The van der Waals surface area contributed by atoms with Gasteiger partial charge in [0, 0.05) is 11.1 Å². The lowest BCUT2D eigenvalue weighted by Crippen LogP contribution is -2.59. The molecule has 1 aliphatic carbocycles. The van der Waals surface area contributed by atoms with Crippen molar-refractivity contribution in [1.82, 2.24) is 4.90 Å². The summed E-state index contributed by atoms with van der Waals surface area (Å²) in [6.45, 7) is 7.80. The lowest BCUT2D eigenvalue weighted by atomic mass is 9.78. The summed E-state index contributed by atoms with van der Waals surface area (Å²) >= 11 is 0. The number of hydrogen-bond acceptors (Lipinski definition) is 3. The van der Waals surface area contributed by atoms with E-state index in [1.807, 2.05) is 27.7 Å². The van der Waals surface area contributed by atoms with E-state index in [-0.39, 0.29) is 11.6 Å². The van der Waals surface area contributed by atoms with Gasteiger partial charge >= 0.3 is 6.09 Å². The summed E-state index contributed by atoms with van der Waals surface area (Å²) in [5.74, 6) is 5.18. The largest absolute Gasteiger partial charge is 0.465 e. The molecule has 0 saturated heterocycles. The second kappa shape index (κ2) is 4.82. The molecule has 5 heteroatoms. The third kappa shape index (κ3) is 3.10. The molecule has 0 radical (unpaired) electrons. The normalized spacial score (nSPS) is 30.1. The fourth-order valence-electron chi connectivity index (χ4n) is 2.90.